The molecule has 9 nitrogen and oxygen atoms in total. The Morgan fingerprint density at radius 1 is 0.830 bits per heavy atom. The number of nitrogens with one attached hydrogen (secondary N) is 1. The zero-order valence-electron chi connectivity index (χ0n) is 26.6. The first kappa shape index (κ1) is 34.3. The van der Waals surface area contributed by atoms with E-state index in [2.05, 4.69) is 27.9 Å². The zero-order valence-corrected chi connectivity index (χ0v) is 28.8. The lowest BCUT2D eigenvalue weighted by Crippen LogP contribution is -2.27. The molecular weight excluding hydrogens is 711 g/mol. The van der Waals surface area contributed by atoms with Gasteiger partial charge in [0.25, 0.3) is 5.91 Å². The van der Waals surface area contributed by atoms with Crippen LogP contribution in [0, 0.1) is 0 Å². The molecule has 0 fully saturated rings. The van der Waals surface area contributed by atoms with E-state index in [0.29, 0.717) is 70.4 Å². The third kappa shape index (κ3) is 8.30. The van der Waals surface area contributed by atoms with Crippen LogP contribution in [0.15, 0.2) is 75.9 Å². The highest BCUT2D eigenvalue weighted by Gasteiger charge is 2.22. The van der Waals surface area contributed by atoms with Gasteiger partial charge < -0.3 is 29.2 Å². The number of rotatable bonds is 16. The van der Waals surface area contributed by atoms with Gasteiger partial charge in [-0.3, -0.25) is 9.59 Å². The Morgan fingerprint density at radius 3 is 2.34 bits per heavy atom. The van der Waals surface area contributed by atoms with Gasteiger partial charge in [-0.15, -0.1) is 0 Å². The van der Waals surface area contributed by atoms with Gasteiger partial charge in [0, 0.05) is 66.3 Å². The summed E-state index contributed by atoms with van der Waals surface area (Å²) in [6, 6.07) is 18.7. The van der Waals surface area contributed by atoms with E-state index in [9.17, 15) is 19.5 Å². The first-order valence-electron chi connectivity index (χ1n) is 15.8. The number of fused-ring (bicyclic) bond motifs is 4. The fourth-order valence-electron chi connectivity index (χ4n) is 5.60. The molecule has 0 spiro atoms. The fourth-order valence-corrected chi connectivity index (χ4v) is 6.14. The number of anilines is 1. The minimum absolute atomic E-state index is 0.0513. The summed E-state index contributed by atoms with van der Waals surface area (Å²) in [5, 5.41) is 15.9. The fraction of sp³-hybridized carbons (Fsp3) is 0.324. The maximum Gasteiger partial charge on any atom is 0.336 e. The highest BCUT2D eigenvalue weighted by molar-refractivity contribution is 14.1. The molecular formula is C37H39IN2O7. The number of halogens is 1. The second-order valence-corrected chi connectivity index (χ2v) is 12.6. The Balaban J connectivity index is 1.41. The normalized spacial score (nSPS) is 11.4. The lowest BCUT2D eigenvalue weighted by Gasteiger charge is -2.18. The molecule has 0 saturated heterocycles. The van der Waals surface area contributed by atoms with Gasteiger partial charge in [-0.2, -0.15) is 0 Å². The van der Waals surface area contributed by atoms with Crippen LogP contribution in [0.3, 0.4) is 0 Å². The molecule has 0 radical (unpaired) electrons. The number of carbonyl (C=O) groups is 2. The van der Waals surface area contributed by atoms with Crippen LogP contribution in [0.4, 0.5) is 5.69 Å². The molecule has 1 amide bonds. The summed E-state index contributed by atoms with van der Waals surface area (Å²) >= 11 is 2.40. The summed E-state index contributed by atoms with van der Waals surface area (Å²) in [5.41, 5.74) is 3.22. The molecule has 0 atom stereocenters. The number of aromatic carboxylic acids is 1. The molecule has 5 aromatic rings. The van der Waals surface area contributed by atoms with Crippen LogP contribution < -0.4 is 15.6 Å². The SMILES string of the molecule is CN(C)c1ccc2c(-c3cc(C(=O)NCCOCCOCCCCCCI)ccc3C(=O)O)c3ccc4cc(=O)ccc4c3oc2c1. The van der Waals surface area contributed by atoms with Gasteiger partial charge in [-0.25, -0.2) is 4.79 Å². The maximum absolute atomic E-state index is 13.3. The first-order valence-corrected chi connectivity index (χ1v) is 17.3. The summed E-state index contributed by atoms with van der Waals surface area (Å²) in [6.45, 7) is 2.30. The van der Waals surface area contributed by atoms with Crippen LogP contribution in [0.25, 0.3) is 43.8 Å². The van der Waals surface area contributed by atoms with Crippen molar-refractivity contribution in [3.8, 4) is 11.1 Å². The number of benzene rings is 4. The minimum atomic E-state index is -1.12. The molecule has 0 aliphatic rings. The number of amides is 1. The number of carboxylic acids is 1. The van der Waals surface area contributed by atoms with Crippen LogP contribution >= 0.6 is 22.6 Å². The number of carbonyl (C=O) groups excluding carboxylic acids is 1. The molecule has 0 bridgehead atoms. The molecule has 2 N–H and O–H groups in total. The topological polar surface area (TPSA) is 118 Å². The number of hydrogen-bond acceptors (Lipinski definition) is 7. The zero-order chi connectivity index (χ0) is 33.3. The molecule has 0 unspecified atom stereocenters. The Hall–Kier alpha value is -4.00. The highest BCUT2D eigenvalue weighted by atomic mass is 127. The van der Waals surface area contributed by atoms with Crippen molar-refractivity contribution in [2.75, 3.05) is 56.4 Å². The number of nitrogens with zero attached hydrogens (tertiary/aromatic N) is 1. The van der Waals surface area contributed by atoms with Crippen molar-refractivity contribution < 1.29 is 28.6 Å². The Bertz CT molecular complexity index is 1950. The number of hydrogen-bond donors (Lipinski definition) is 2. The molecule has 246 valence electrons. The van der Waals surface area contributed by atoms with E-state index in [1.165, 1.54) is 41.9 Å². The van der Waals surface area contributed by atoms with E-state index in [1.807, 2.05) is 49.3 Å². The summed E-state index contributed by atoms with van der Waals surface area (Å²) in [5.74, 6) is -1.46. The molecule has 0 saturated carbocycles. The average Bonchev–Trinajstić information content (AvgIpc) is 3.06. The van der Waals surface area contributed by atoms with Crippen molar-refractivity contribution in [1.29, 1.82) is 0 Å². The van der Waals surface area contributed by atoms with E-state index in [-0.39, 0.29) is 16.9 Å². The van der Waals surface area contributed by atoms with Crippen molar-refractivity contribution in [3.05, 3.63) is 88.1 Å². The van der Waals surface area contributed by atoms with Crippen molar-refractivity contribution in [1.82, 2.24) is 5.32 Å². The molecule has 1 aromatic heterocycles. The summed E-state index contributed by atoms with van der Waals surface area (Å²) in [7, 11) is 3.85. The van der Waals surface area contributed by atoms with Gasteiger partial charge in [0.1, 0.15) is 11.2 Å². The lowest BCUT2D eigenvalue weighted by atomic mass is 9.90. The minimum Gasteiger partial charge on any atom is -0.478 e. The third-order valence-electron chi connectivity index (χ3n) is 8.03. The van der Waals surface area contributed by atoms with Gasteiger partial charge in [-0.05, 0) is 82.8 Å². The summed E-state index contributed by atoms with van der Waals surface area (Å²) in [4.78, 5) is 39.9. The third-order valence-corrected chi connectivity index (χ3v) is 8.79. The molecule has 0 aliphatic carbocycles. The molecule has 10 heteroatoms. The second kappa shape index (κ2) is 16.2. The van der Waals surface area contributed by atoms with E-state index in [1.54, 1.807) is 18.2 Å². The predicted molar refractivity (Wildman–Crippen MR) is 196 cm³/mol. The van der Waals surface area contributed by atoms with E-state index in [4.69, 9.17) is 13.9 Å². The summed E-state index contributed by atoms with van der Waals surface area (Å²) in [6.07, 6.45) is 4.71. The van der Waals surface area contributed by atoms with Gasteiger partial charge in [0.2, 0.25) is 0 Å². The number of carboxylic acid groups (broad SMARTS) is 1. The number of alkyl halides is 1. The van der Waals surface area contributed by atoms with E-state index < -0.39 is 5.97 Å². The van der Waals surface area contributed by atoms with Crippen LogP contribution in [0.2, 0.25) is 0 Å². The van der Waals surface area contributed by atoms with Crippen LogP contribution in [0.5, 0.6) is 0 Å². The molecule has 47 heavy (non-hydrogen) atoms. The van der Waals surface area contributed by atoms with Crippen LogP contribution in [-0.2, 0) is 9.47 Å². The van der Waals surface area contributed by atoms with E-state index in [0.717, 1.165) is 24.1 Å². The molecule has 0 aliphatic heterocycles. The van der Waals surface area contributed by atoms with Crippen molar-refractivity contribution in [3.63, 3.8) is 0 Å². The van der Waals surface area contributed by atoms with Gasteiger partial charge in [0.15, 0.2) is 5.43 Å². The smallest absolute Gasteiger partial charge is 0.336 e. The van der Waals surface area contributed by atoms with Gasteiger partial charge >= 0.3 is 5.97 Å². The second-order valence-electron chi connectivity index (χ2n) is 11.5. The Morgan fingerprint density at radius 2 is 1.57 bits per heavy atom. The number of ether oxygens (including phenoxy) is 2. The molecule has 5 rings (SSSR count). The first-order chi connectivity index (χ1) is 22.8. The lowest BCUT2D eigenvalue weighted by molar-refractivity contribution is 0.0468. The van der Waals surface area contributed by atoms with Crippen LogP contribution in [0.1, 0.15) is 46.4 Å². The Labute approximate surface area is 287 Å². The quantitative estimate of drug-likeness (QED) is 0.0355. The van der Waals surface area contributed by atoms with Crippen molar-refractivity contribution in [2.24, 2.45) is 0 Å². The van der Waals surface area contributed by atoms with Gasteiger partial charge in [-0.1, -0.05) is 41.5 Å². The Kier molecular flexibility index (Phi) is 11.8. The largest absolute Gasteiger partial charge is 0.478 e. The monoisotopic (exact) mass is 750 g/mol. The standard InChI is InChI=1S/C37H39IN2O7/c1-40(2)26-9-13-30-33(23-26)47-35-28-14-10-27(41)21-24(28)7-12-31(35)34(30)32-22-25(8-11-29(32)37(43)44)36(42)39-16-18-46-20-19-45-17-6-4-3-5-15-38/h7-14,21-23H,3-6,15-20H2,1-2H3,(H,39,42)(H,43,44). The predicted octanol–water partition coefficient (Wildman–Crippen LogP) is 7.29. The van der Waals surface area contributed by atoms with Gasteiger partial charge in [0.05, 0.1) is 25.4 Å². The maximum atomic E-state index is 13.3. The van der Waals surface area contributed by atoms with Crippen molar-refractivity contribution in [2.45, 2.75) is 25.7 Å². The van der Waals surface area contributed by atoms with Crippen LogP contribution in [-0.4, -0.2) is 68.5 Å². The summed E-state index contributed by atoms with van der Waals surface area (Å²) < 4.78 is 18.9. The molecule has 4 aromatic carbocycles. The number of unbranched alkanes of at least 4 members (excludes halogenated alkanes) is 3. The molecule has 1 heterocycles. The van der Waals surface area contributed by atoms with Crippen molar-refractivity contribution >= 4 is 72.9 Å². The highest BCUT2D eigenvalue weighted by Crippen LogP contribution is 2.41. The average molecular weight is 751 g/mol. The van der Waals surface area contributed by atoms with E-state index >= 15 is 0 Å².